The van der Waals surface area contributed by atoms with Gasteiger partial charge in [0.15, 0.2) is 0 Å². The van der Waals surface area contributed by atoms with Crippen LogP contribution in [-0.2, 0) is 11.3 Å². The number of anilines is 2. The molecule has 1 aliphatic rings. The maximum atomic E-state index is 13.0. The Morgan fingerprint density at radius 1 is 1.04 bits per heavy atom. The van der Waals surface area contributed by atoms with Gasteiger partial charge in [0.25, 0.3) is 0 Å². The number of hydrogen-bond donors (Lipinski definition) is 0. The zero-order valence-corrected chi connectivity index (χ0v) is 14.9. The highest BCUT2D eigenvalue weighted by atomic mass is 32.2. The average molecular weight is 349 g/mol. The molecule has 4 nitrogen and oxygen atoms in total. The summed E-state index contributed by atoms with van der Waals surface area (Å²) in [6.07, 6.45) is 5.06. The van der Waals surface area contributed by atoms with Gasteiger partial charge in [-0.15, -0.1) is 0 Å². The van der Waals surface area contributed by atoms with Crippen molar-refractivity contribution in [3.8, 4) is 0 Å². The van der Waals surface area contributed by atoms with Gasteiger partial charge >= 0.3 is 0 Å². The largest absolute Gasteiger partial charge is 0.335 e. The van der Waals surface area contributed by atoms with Crippen molar-refractivity contribution >= 4 is 29.0 Å². The molecule has 126 valence electrons. The van der Waals surface area contributed by atoms with Crippen LogP contribution in [0.2, 0.25) is 0 Å². The lowest BCUT2D eigenvalue weighted by Crippen LogP contribution is -2.28. The number of carbonyl (C=O) groups is 1. The van der Waals surface area contributed by atoms with Gasteiger partial charge in [-0.1, -0.05) is 36.0 Å². The van der Waals surface area contributed by atoms with Gasteiger partial charge in [-0.3, -0.25) is 9.69 Å². The number of benzene rings is 2. The standard InChI is InChI=1S/C20H19N3OS/c1-15-21-12-14-22(15)13-6-11-20(24)23-16-7-2-4-9-18(16)25-19-10-5-3-8-17(19)23/h2-5,7-10,12,14H,6,11,13H2,1H3. The van der Waals surface area contributed by atoms with Crippen LogP contribution in [0.15, 0.2) is 70.7 Å². The third kappa shape index (κ3) is 3.07. The fourth-order valence-electron chi connectivity index (χ4n) is 3.13. The minimum Gasteiger partial charge on any atom is -0.335 e. The lowest BCUT2D eigenvalue weighted by Gasteiger charge is -2.31. The van der Waals surface area contributed by atoms with E-state index in [2.05, 4.69) is 21.7 Å². The fraction of sp³-hybridized carbons (Fsp3) is 0.200. The average Bonchev–Trinajstić information content (AvgIpc) is 3.04. The number of nitrogens with zero attached hydrogens (tertiary/aromatic N) is 3. The molecule has 1 aromatic heterocycles. The molecule has 0 radical (unpaired) electrons. The molecule has 4 rings (SSSR count). The molecule has 5 heteroatoms. The lowest BCUT2D eigenvalue weighted by molar-refractivity contribution is -0.118. The number of aromatic nitrogens is 2. The van der Waals surface area contributed by atoms with Gasteiger partial charge < -0.3 is 4.57 Å². The van der Waals surface area contributed by atoms with Crippen LogP contribution in [0.25, 0.3) is 0 Å². The number of fused-ring (bicyclic) bond motifs is 2. The second kappa shape index (κ2) is 6.76. The van der Waals surface area contributed by atoms with Crippen LogP contribution >= 0.6 is 11.8 Å². The highest BCUT2D eigenvalue weighted by Gasteiger charge is 2.27. The zero-order chi connectivity index (χ0) is 17.2. The van der Waals surface area contributed by atoms with Crippen LogP contribution < -0.4 is 4.90 Å². The van der Waals surface area contributed by atoms with Crippen LogP contribution in [0.3, 0.4) is 0 Å². The first-order valence-corrected chi connectivity index (χ1v) is 9.22. The summed E-state index contributed by atoms with van der Waals surface area (Å²) in [7, 11) is 0. The summed E-state index contributed by atoms with van der Waals surface area (Å²) in [5.41, 5.74) is 1.96. The van der Waals surface area contributed by atoms with Gasteiger partial charge in [-0.25, -0.2) is 4.98 Å². The van der Waals surface area contributed by atoms with Crippen molar-refractivity contribution in [2.75, 3.05) is 4.90 Å². The third-order valence-electron chi connectivity index (χ3n) is 4.39. The third-order valence-corrected chi connectivity index (χ3v) is 5.53. The van der Waals surface area contributed by atoms with Crippen LogP contribution in [0.4, 0.5) is 11.4 Å². The van der Waals surface area contributed by atoms with Crippen molar-refractivity contribution in [3.63, 3.8) is 0 Å². The fourth-order valence-corrected chi connectivity index (χ4v) is 4.18. The van der Waals surface area contributed by atoms with Crippen LogP contribution in [-0.4, -0.2) is 15.5 Å². The second-order valence-corrected chi connectivity index (χ2v) is 7.12. The number of carbonyl (C=O) groups excluding carboxylic acids is 1. The Morgan fingerprint density at radius 3 is 2.28 bits per heavy atom. The van der Waals surface area contributed by atoms with E-state index in [1.54, 1.807) is 18.0 Å². The molecule has 0 fully saturated rings. The van der Waals surface area contributed by atoms with Crippen LogP contribution in [0.5, 0.6) is 0 Å². The number of rotatable bonds is 4. The van der Waals surface area contributed by atoms with E-state index in [-0.39, 0.29) is 5.91 Å². The lowest BCUT2D eigenvalue weighted by atomic mass is 10.2. The van der Waals surface area contributed by atoms with Gasteiger partial charge in [-0.05, 0) is 37.6 Å². The Labute approximate surface area is 151 Å². The van der Waals surface area contributed by atoms with Crippen molar-refractivity contribution < 1.29 is 4.79 Å². The molecule has 0 N–H and O–H groups in total. The molecule has 2 aromatic carbocycles. The summed E-state index contributed by atoms with van der Waals surface area (Å²) < 4.78 is 2.08. The van der Waals surface area contributed by atoms with E-state index in [4.69, 9.17) is 0 Å². The Balaban J connectivity index is 1.56. The minimum absolute atomic E-state index is 0.137. The first-order valence-electron chi connectivity index (χ1n) is 8.40. The molecule has 0 saturated carbocycles. The molecule has 1 aliphatic heterocycles. The topological polar surface area (TPSA) is 38.1 Å². The number of imidazole rings is 1. The summed E-state index contributed by atoms with van der Waals surface area (Å²) in [6, 6.07) is 16.2. The van der Waals surface area contributed by atoms with Gasteiger partial charge in [0.05, 0.1) is 11.4 Å². The van der Waals surface area contributed by atoms with E-state index in [0.29, 0.717) is 6.42 Å². The summed E-state index contributed by atoms with van der Waals surface area (Å²) in [6.45, 7) is 2.79. The molecule has 3 aromatic rings. The molecular formula is C20H19N3OS. The Morgan fingerprint density at radius 2 is 1.68 bits per heavy atom. The van der Waals surface area contributed by atoms with Crippen molar-refractivity contribution in [2.45, 2.75) is 36.1 Å². The highest BCUT2D eigenvalue weighted by molar-refractivity contribution is 7.99. The van der Waals surface area contributed by atoms with Gasteiger partial charge in [-0.2, -0.15) is 0 Å². The van der Waals surface area contributed by atoms with Gasteiger partial charge in [0.2, 0.25) is 5.91 Å². The SMILES string of the molecule is Cc1nccn1CCCC(=O)N1c2ccccc2Sc2ccccc21. The van der Waals surface area contributed by atoms with Gasteiger partial charge in [0, 0.05) is 35.2 Å². The van der Waals surface area contributed by atoms with E-state index < -0.39 is 0 Å². The Bertz CT molecular complexity index is 873. The normalized spacial score (nSPS) is 12.6. The Kier molecular flexibility index (Phi) is 4.32. The Hall–Kier alpha value is -2.53. The predicted molar refractivity (Wildman–Crippen MR) is 100 cm³/mol. The van der Waals surface area contributed by atoms with E-state index >= 15 is 0 Å². The maximum absolute atomic E-state index is 13.0. The summed E-state index contributed by atoms with van der Waals surface area (Å²) in [5.74, 6) is 1.12. The molecule has 0 atom stereocenters. The molecule has 2 heterocycles. The highest BCUT2D eigenvalue weighted by Crippen LogP contribution is 2.48. The molecule has 0 aliphatic carbocycles. The van der Waals surface area contributed by atoms with E-state index in [1.165, 1.54) is 0 Å². The molecule has 0 spiro atoms. The minimum atomic E-state index is 0.137. The van der Waals surface area contributed by atoms with E-state index in [0.717, 1.165) is 40.0 Å². The summed E-state index contributed by atoms with van der Waals surface area (Å²) in [4.78, 5) is 21.4. The van der Waals surface area contributed by atoms with Crippen molar-refractivity contribution in [1.29, 1.82) is 0 Å². The predicted octanol–water partition coefficient (Wildman–Crippen LogP) is 4.80. The van der Waals surface area contributed by atoms with E-state index in [1.807, 2.05) is 54.4 Å². The molecule has 1 amide bonds. The van der Waals surface area contributed by atoms with Crippen LogP contribution in [0.1, 0.15) is 18.7 Å². The first-order chi connectivity index (χ1) is 12.2. The number of hydrogen-bond acceptors (Lipinski definition) is 3. The summed E-state index contributed by atoms with van der Waals surface area (Å²) >= 11 is 1.72. The van der Waals surface area contributed by atoms with Crippen LogP contribution in [0, 0.1) is 6.92 Å². The summed E-state index contributed by atoms with van der Waals surface area (Å²) in [5, 5.41) is 0. The maximum Gasteiger partial charge on any atom is 0.231 e. The van der Waals surface area contributed by atoms with Crippen molar-refractivity contribution in [3.05, 3.63) is 66.7 Å². The van der Waals surface area contributed by atoms with E-state index in [9.17, 15) is 4.79 Å². The molecule has 0 saturated heterocycles. The second-order valence-electron chi connectivity index (χ2n) is 6.04. The number of para-hydroxylation sites is 2. The first kappa shape index (κ1) is 16.0. The molecular weight excluding hydrogens is 330 g/mol. The number of aryl methyl sites for hydroxylation is 2. The number of amides is 1. The molecule has 0 unspecified atom stereocenters. The smallest absolute Gasteiger partial charge is 0.231 e. The zero-order valence-electron chi connectivity index (χ0n) is 14.1. The van der Waals surface area contributed by atoms with Gasteiger partial charge in [0.1, 0.15) is 5.82 Å². The molecule has 25 heavy (non-hydrogen) atoms. The monoisotopic (exact) mass is 349 g/mol. The van der Waals surface area contributed by atoms with Crippen molar-refractivity contribution in [1.82, 2.24) is 9.55 Å². The molecule has 0 bridgehead atoms. The quantitative estimate of drug-likeness (QED) is 0.679. The van der Waals surface area contributed by atoms with Crippen molar-refractivity contribution in [2.24, 2.45) is 0 Å².